The van der Waals surface area contributed by atoms with Gasteiger partial charge in [-0.3, -0.25) is 0 Å². The van der Waals surface area contributed by atoms with Gasteiger partial charge in [-0.2, -0.15) is 13.2 Å². The lowest BCUT2D eigenvalue weighted by Gasteiger charge is -2.25. The molecule has 7 heteroatoms. The van der Waals surface area contributed by atoms with Crippen LogP contribution in [-0.2, 0) is 6.18 Å². The van der Waals surface area contributed by atoms with Crippen LogP contribution >= 0.6 is 24.0 Å². The lowest BCUT2D eigenvalue weighted by molar-refractivity contribution is -0.137. The molecule has 1 aromatic rings. The second-order valence-corrected chi connectivity index (χ2v) is 4.36. The van der Waals surface area contributed by atoms with Crippen LogP contribution in [0.25, 0.3) is 0 Å². The fraction of sp³-hybridized carbons (Fsp3) is 0.455. The minimum Gasteiger partial charge on any atom is -0.314 e. The molecule has 18 heavy (non-hydrogen) atoms. The predicted molar refractivity (Wildman–Crippen MR) is 67.3 cm³/mol. The average molecular weight is 301 g/mol. The van der Waals surface area contributed by atoms with Crippen molar-refractivity contribution >= 4 is 24.0 Å². The van der Waals surface area contributed by atoms with E-state index in [0.29, 0.717) is 12.1 Å². The molecule has 0 aromatic heterocycles. The molecular formula is C11H13Cl2F3N2. The molecule has 2 nitrogen and oxygen atoms in total. The second-order valence-electron chi connectivity index (χ2n) is 3.95. The molecule has 1 fully saturated rings. The van der Waals surface area contributed by atoms with Crippen LogP contribution in [-0.4, -0.2) is 19.6 Å². The van der Waals surface area contributed by atoms with Gasteiger partial charge >= 0.3 is 6.18 Å². The lowest BCUT2D eigenvalue weighted by atomic mass is 10.0. The number of hydrogen-bond acceptors (Lipinski definition) is 2. The first kappa shape index (κ1) is 15.6. The number of piperazine rings is 1. The fourth-order valence-corrected chi connectivity index (χ4v) is 2.09. The Bertz CT molecular complexity index is 404. The van der Waals surface area contributed by atoms with E-state index in [-0.39, 0.29) is 23.5 Å². The van der Waals surface area contributed by atoms with Crippen LogP contribution in [0, 0.1) is 0 Å². The van der Waals surface area contributed by atoms with Gasteiger partial charge in [0.15, 0.2) is 0 Å². The first-order valence-electron chi connectivity index (χ1n) is 5.29. The van der Waals surface area contributed by atoms with E-state index in [1.807, 2.05) is 0 Å². The van der Waals surface area contributed by atoms with Crippen molar-refractivity contribution in [2.24, 2.45) is 0 Å². The largest absolute Gasteiger partial charge is 0.417 e. The summed E-state index contributed by atoms with van der Waals surface area (Å²) in [6.45, 7) is 2.20. The number of alkyl halides is 3. The summed E-state index contributed by atoms with van der Waals surface area (Å²) >= 11 is 5.56. The van der Waals surface area contributed by atoms with Gasteiger partial charge in [-0.25, -0.2) is 0 Å². The van der Waals surface area contributed by atoms with Gasteiger partial charge in [0, 0.05) is 25.7 Å². The van der Waals surface area contributed by atoms with Gasteiger partial charge in [0.05, 0.1) is 10.6 Å². The number of nitrogens with one attached hydrogen (secondary N) is 2. The summed E-state index contributed by atoms with van der Waals surface area (Å²) < 4.78 is 38.0. The highest BCUT2D eigenvalue weighted by atomic mass is 35.5. The van der Waals surface area contributed by atoms with Crippen molar-refractivity contribution in [3.63, 3.8) is 0 Å². The molecule has 1 atom stereocenters. The maximum absolute atomic E-state index is 12.7. The Hall–Kier alpha value is -0.490. The smallest absolute Gasteiger partial charge is 0.314 e. The molecule has 2 N–H and O–H groups in total. The molecule has 1 heterocycles. The Labute approximate surface area is 114 Å². The molecule has 0 spiro atoms. The Morgan fingerprint density at radius 1 is 1.22 bits per heavy atom. The van der Waals surface area contributed by atoms with Crippen molar-refractivity contribution in [3.05, 3.63) is 34.3 Å². The molecule has 0 unspecified atom stereocenters. The van der Waals surface area contributed by atoms with Crippen molar-refractivity contribution in [1.82, 2.24) is 10.6 Å². The first-order valence-corrected chi connectivity index (χ1v) is 5.67. The molecule has 0 radical (unpaired) electrons. The van der Waals surface area contributed by atoms with Crippen molar-refractivity contribution in [2.75, 3.05) is 19.6 Å². The van der Waals surface area contributed by atoms with Crippen LogP contribution < -0.4 is 10.6 Å². The van der Waals surface area contributed by atoms with Gasteiger partial charge < -0.3 is 10.6 Å². The summed E-state index contributed by atoms with van der Waals surface area (Å²) in [5.41, 5.74) is -0.169. The maximum Gasteiger partial charge on any atom is 0.417 e. The summed E-state index contributed by atoms with van der Waals surface area (Å²) in [4.78, 5) is 0. The minimum absolute atomic E-state index is 0. The fourth-order valence-electron chi connectivity index (χ4n) is 1.87. The zero-order chi connectivity index (χ0) is 12.5. The quantitative estimate of drug-likeness (QED) is 0.833. The third-order valence-electron chi connectivity index (χ3n) is 2.74. The van der Waals surface area contributed by atoms with Crippen LogP contribution in [0.5, 0.6) is 0 Å². The summed E-state index contributed by atoms with van der Waals surface area (Å²) in [6.07, 6.45) is -4.41. The summed E-state index contributed by atoms with van der Waals surface area (Å²) in [6, 6.07) is 3.95. The highest BCUT2D eigenvalue weighted by Crippen LogP contribution is 2.36. The van der Waals surface area contributed by atoms with Crippen LogP contribution in [0.4, 0.5) is 13.2 Å². The van der Waals surface area contributed by atoms with E-state index < -0.39 is 11.7 Å². The van der Waals surface area contributed by atoms with E-state index in [2.05, 4.69) is 10.6 Å². The lowest BCUT2D eigenvalue weighted by Crippen LogP contribution is -2.42. The maximum atomic E-state index is 12.7. The van der Waals surface area contributed by atoms with Gasteiger partial charge in [-0.1, -0.05) is 17.7 Å². The van der Waals surface area contributed by atoms with Gasteiger partial charge in [-0.05, 0) is 17.7 Å². The summed E-state index contributed by atoms with van der Waals surface area (Å²) in [5, 5.41) is 6.03. The molecule has 1 aliphatic rings. The highest BCUT2D eigenvalue weighted by Gasteiger charge is 2.33. The van der Waals surface area contributed by atoms with Gasteiger partial charge in [0.1, 0.15) is 0 Å². The Kier molecular flexibility index (Phi) is 5.28. The van der Waals surface area contributed by atoms with E-state index in [1.54, 1.807) is 6.07 Å². The average Bonchev–Trinajstić information content (AvgIpc) is 2.29. The molecule has 0 bridgehead atoms. The molecule has 2 rings (SSSR count). The number of benzene rings is 1. The molecule has 0 amide bonds. The highest BCUT2D eigenvalue weighted by molar-refractivity contribution is 6.31. The number of halogens is 5. The van der Waals surface area contributed by atoms with Crippen molar-refractivity contribution in [3.8, 4) is 0 Å². The van der Waals surface area contributed by atoms with Crippen molar-refractivity contribution < 1.29 is 13.2 Å². The van der Waals surface area contributed by atoms with Gasteiger partial charge in [0.2, 0.25) is 0 Å². The number of rotatable bonds is 1. The molecule has 1 saturated heterocycles. The van der Waals surface area contributed by atoms with Gasteiger partial charge in [-0.15, -0.1) is 12.4 Å². The number of hydrogen-bond donors (Lipinski definition) is 2. The van der Waals surface area contributed by atoms with E-state index in [0.717, 1.165) is 19.2 Å². The molecule has 102 valence electrons. The summed E-state index contributed by atoms with van der Waals surface area (Å²) in [5.74, 6) is 0. The second kappa shape index (κ2) is 6.10. The molecule has 0 saturated carbocycles. The topological polar surface area (TPSA) is 24.1 Å². The normalized spacial score (nSPS) is 20.3. The third-order valence-corrected chi connectivity index (χ3v) is 3.07. The summed E-state index contributed by atoms with van der Waals surface area (Å²) in [7, 11) is 0. The van der Waals surface area contributed by atoms with Crippen LogP contribution in [0.2, 0.25) is 5.02 Å². The SMILES string of the molecule is Cl.FC(F)(F)c1cc([C@@H]2CNCCN2)ccc1Cl. The first-order chi connectivity index (χ1) is 7.98. The van der Waals surface area contributed by atoms with E-state index >= 15 is 0 Å². The molecule has 0 aliphatic carbocycles. The van der Waals surface area contributed by atoms with Crippen LogP contribution in [0.1, 0.15) is 17.2 Å². The van der Waals surface area contributed by atoms with Crippen LogP contribution in [0.3, 0.4) is 0 Å². The van der Waals surface area contributed by atoms with E-state index in [9.17, 15) is 13.2 Å². The zero-order valence-electron chi connectivity index (χ0n) is 9.35. The van der Waals surface area contributed by atoms with Crippen molar-refractivity contribution in [1.29, 1.82) is 0 Å². The Morgan fingerprint density at radius 3 is 2.50 bits per heavy atom. The monoisotopic (exact) mass is 300 g/mol. The van der Waals surface area contributed by atoms with Gasteiger partial charge in [0.25, 0.3) is 0 Å². The minimum atomic E-state index is -4.41. The van der Waals surface area contributed by atoms with Crippen LogP contribution in [0.15, 0.2) is 18.2 Å². The Morgan fingerprint density at radius 2 is 1.94 bits per heavy atom. The molecule has 1 aromatic carbocycles. The molecular weight excluding hydrogens is 288 g/mol. The Balaban J connectivity index is 0.00000162. The predicted octanol–water partition coefficient (Wildman–Crippen LogP) is 3.01. The van der Waals surface area contributed by atoms with E-state index in [1.165, 1.54) is 6.07 Å². The molecule has 1 aliphatic heterocycles. The van der Waals surface area contributed by atoms with E-state index in [4.69, 9.17) is 11.6 Å². The van der Waals surface area contributed by atoms with Crippen molar-refractivity contribution in [2.45, 2.75) is 12.2 Å². The zero-order valence-corrected chi connectivity index (χ0v) is 10.9. The standard InChI is InChI=1S/C11H12ClF3N2.ClH/c12-9-2-1-7(5-8(9)11(13,14)15)10-6-16-3-4-17-10;/h1-2,5,10,16-17H,3-4,6H2;1H/t10-;/m0./s1. The third kappa shape index (κ3) is 3.51.